The Morgan fingerprint density at radius 2 is 1.78 bits per heavy atom. The number of hydrogen-bond donors (Lipinski definition) is 4. The SMILES string of the molecule is CC.COc1cc(F)c(NS(=O)(=O)C2(CC(O)CO)CC2)c(Nc2ccc(C)cc2F)c1. The molecule has 1 fully saturated rings. The summed E-state index contributed by atoms with van der Waals surface area (Å²) in [5.74, 6) is -1.38. The minimum atomic E-state index is -4.12. The smallest absolute Gasteiger partial charge is 0.238 e. The van der Waals surface area contributed by atoms with Crippen LogP contribution in [0.1, 0.15) is 38.7 Å². The average Bonchev–Trinajstić information content (AvgIpc) is 3.54. The molecule has 0 heterocycles. The lowest BCUT2D eigenvalue weighted by molar-refractivity contribution is 0.0858. The van der Waals surface area contributed by atoms with Crippen LogP contribution in [0.4, 0.5) is 25.8 Å². The monoisotopic (exact) mass is 472 g/mol. The molecule has 2 aromatic carbocycles. The molecule has 1 unspecified atom stereocenters. The van der Waals surface area contributed by atoms with Crippen molar-refractivity contribution in [3.63, 3.8) is 0 Å². The van der Waals surface area contributed by atoms with Crippen molar-refractivity contribution in [3.8, 4) is 5.75 Å². The third-order valence-corrected chi connectivity index (χ3v) is 7.31. The van der Waals surface area contributed by atoms with Crippen molar-refractivity contribution in [2.45, 2.75) is 50.9 Å². The molecular weight excluding hydrogens is 442 g/mol. The molecule has 0 saturated heterocycles. The molecule has 4 N–H and O–H groups in total. The lowest BCUT2D eigenvalue weighted by Crippen LogP contribution is -2.34. The van der Waals surface area contributed by atoms with Gasteiger partial charge in [-0.1, -0.05) is 19.9 Å². The number of aliphatic hydroxyl groups excluding tert-OH is 2. The zero-order valence-electron chi connectivity index (χ0n) is 18.6. The first-order valence-electron chi connectivity index (χ1n) is 10.3. The number of anilines is 3. The third-order valence-electron chi connectivity index (χ3n) is 5.13. The van der Waals surface area contributed by atoms with E-state index in [-0.39, 0.29) is 42.1 Å². The summed E-state index contributed by atoms with van der Waals surface area (Å²) in [5.41, 5.74) is 0.302. The van der Waals surface area contributed by atoms with Gasteiger partial charge < -0.3 is 20.3 Å². The molecule has 1 saturated carbocycles. The topological polar surface area (TPSA) is 108 Å². The Kier molecular flexibility index (Phi) is 8.44. The number of ether oxygens (including phenoxy) is 1. The Balaban J connectivity index is 0.00000176. The van der Waals surface area contributed by atoms with Crippen molar-refractivity contribution in [1.29, 1.82) is 0 Å². The van der Waals surface area contributed by atoms with Gasteiger partial charge in [-0.15, -0.1) is 0 Å². The van der Waals surface area contributed by atoms with E-state index >= 15 is 0 Å². The van der Waals surface area contributed by atoms with Gasteiger partial charge in [0.15, 0.2) is 5.82 Å². The zero-order chi connectivity index (χ0) is 24.1. The van der Waals surface area contributed by atoms with Crippen LogP contribution in [-0.4, -0.2) is 43.2 Å². The molecule has 0 aromatic heterocycles. The summed E-state index contributed by atoms with van der Waals surface area (Å²) >= 11 is 0. The number of methoxy groups -OCH3 is 1. The second-order valence-corrected chi connectivity index (χ2v) is 9.55. The third kappa shape index (κ3) is 5.67. The maximum atomic E-state index is 14.8. The molecule has 0 spiro atoms. The van der Waals surface area contributed by atoms with Crippen LogP contribution in [0.5, 0.6) is 5.75 Å². The number of hydrogen-bond acceptors (Lipinski definition) is 6. The van der Waals surface area contributed by atoms with Gasteiger partial charge in [0.2, 0.25) is 10.0 Å². The molecule has 1 aliphatic carbocycles. The van der Waals surface area contributed by atoms with Crippen molar-refractivity contribution in [3.05, 3.63) is 47.5 Å². The Labute approximate surface area is 187 Å². The van der Waals surface area contributed by atoms with Gasteiger partial charge in [0.1, 0.15) is 17.3 Å². The van der Waals surface area contributed by atoms with Crippen molar-refractivity contribution in [2.75, 3.05) is 23.8 Å². The number of aryl methyl sites for hydroxylation is 1. The standard InChI is InChI=1S/C20H24F2N2O5S.C2H6/c1-12-3-4-17(15(21)7-12)23-18-9-14(29-2)8-16(22)19(18)24-30(27,28)20(5-6-20)10-13(26)11-25;1-2/h3-4,7-9,13,23-26H,5-6,10-11H2,1-2H3;1-2H3. The summed E-state index contributed by atoms with van der Waals surface area (Å²) < 4.78 is 61.0. The Morgan fingerprint density at radius 1 is 1.12 bits per heavy atom. The second-order valence-electron chi connectivity index (χ2n) is 7.47. The molecule has 178 valence electrons. The van der Waals surface area contributed by atoms with Crippen LogP contribution in [-0.2, 0) is 10.0 Å². The van der Waals surface area contributed by atoms with Crippen molar-refractivity contribution < 1.29 is 32.1 Å². The quantitative estimate of drug-likeness (QED) is 0.438. The first-order chi connectivity index (χ1) is 15.1. The first-order valence-corrected chi connectivity index (χ1v) is 11.8. The number of rotatable bonds is 9. The Morgan fingerprint density at radius 3 is 2.31 bits per heavy atom. The first kappa shape index (κ1) is 25.8. The van der Waals surface area contributed by atoms with Gasteiger partial charge in [-0.2, -0.15) is 0 Å². The predicted octanol–water partition coefficient (Wildman–Crippen LogP) is 4.07. The molecule has 0 radical (unpaired) electrons. The summed E-state index contributed by atoms with van der Waals surface area (Å²) in [4.78, 5) is 0. The second kappa shape index (κ2) is 10.5. The molecule has 0 bridgehead atoms. The van der Waals surface area contributed by atoms with E-state index in [1.807, 2.05) is 13.8 Å². The van der Waals surface area contributed by atoms with Crippen LogP contribution in [0, 0.1) is 18.6 Å². The average molecular weight is 473 g/mol. The summed E-state index contributed by atoms with van der Waals surface area (Å²) in [6, 6.07) is 6.76. The van der Waals surface area contributed by atoms with Crippen LogP contribution >= 0.6 is 0 Å². The van der Waals surface area contributed by atoms with Crippen molar-refractivity contribution >= 4 is 27.1 Å². The number of halogens is 2. The highest BCUT2D eigenvalue weighted by atomic mass is 32.2. The van der Waals surface area contributed by atoms with Crippen LogP contribution in [0.3, 0.4) is 0 Å². The highest BCUT2D eigenvalue weighted by Gasteiger charge is 2.55. The Bertz CT molecular complexity index is 1040. The van der Waals surface area contributed by atoms with Crippen LogP contribution in [0.25, 0.3) is 0 Å². The molecule has 0 amide bonds. The van der Waals surface area contributed by atoms with E-state index in [1.54, 1.807) is 13.0 Å². The fraction of sp³-hybridized carbons (Fsp3) is 0.455. The summed E-state index contributed by atoms with van der Waals surface area (Å²) in [6.07, 6.45) is -0.839. The minimum Gasteiger partial charge on any atom is -0.497 e. The lowest BCUT2D eigenvalue weighted by Gasteiger charge is -2.22. The molecule has 7 nitrogen and oxygen atoms in total. The van der Waals surface area contributed by atoms with Crippen LogP contribution in [0.2, 0.25) is 0 Å². The predicted molar refractivity (Wildman–Crippen MR) is 121 cm³/mol. The highest BCUT2D eigenvalue weighted by Crippen LogP contribution is 2.48. The number of nitrogens with one attached hydrogen (secondary N) is 2. The van der Waals surface area contributed by atoms with Crippen molar-refractivity contribution in [2.24, 2.45) is 0 Å². The summed E-state index contributed by atoms with van der Waals surface area (Å²) in [7, 11) is -2.79. The van der Waals surface area contributed by atoms with E-state index in [1.165, 1.54) is 25.3 Å². The van der Waals surface area contributed by atoms with Gasteiger partial charge in [-0.25, -0.2) is 17.2 Å². The van der Waals surface area contributed by atoms with E-state index in [0.717, 1.165) is 6.07 Å². The summed E-state index contributed by atoms with van der Waals surface area (Å²) in [5, 5.41) is 21.5. The maximum Gasteiger partial charge on any atom is 0.238 e. The van der Waals surface area contributed by atoms with Gasteiger partial charge in [-0.3, -0.25) is 4.72 Å². The maximum absolute atomic E-state index is 14.8. The lowest BCUT2D eigenvalue weighted by atomic mass is 10.2. The van der Waals surface area contributed by atoms with E-state index in [0.29, 0.717) is 5.56 Å². The van der Waals surface area contributed by atoms with E-state index < -0.39 is 39.1 Å². The zero-order valence-corrected chi connectivity index (χ0v) is 19.4. The molecule has 1 atom stereocenters. The van der Waals surface area contributed by atoms with Gasteiger partial charge in [0, 0.05) is 12.1 Å². The largest absolute Gasteiger partial charge is 0.497 e. The molecule has 1 aliphatic rings. The molecule has 2 aromatic rings. The number of benzene rings is 2. The molecular formula is C22H30F2N2O5S. The molecule has 32 heavy (non-hydrogen) atoms. The minimum absolute atomic E-state index is 0.0308. The van der Waals surface area contributed by atoms with Crippen molar-refractivity contribution in [1.82, 2.24) is 0 Å². The Hall–Kier alpha value is -2.43. The van der Waals surface area contributed by atoms with E-state index in [2.05, 4.69) is 10.0 Å². The van der Waals surface area contributed by atoms with Gasteiger partial charge in [-0.05, 0) is 43.9 Å². The fourth-order valence-electron chi connectivity index (χ4n) is 3.23. The van der Waals surface area contributed by atoms with E-state index in [9.17, 15) is 22.3 Å². The van der Waals surface area contributed by atoms with Gasteiger partial charge in [0.05, 0.1) is 35.9 Å². The molecule has 10 heteroatoms. The molecule has 3 rings (SSSR count). The number of sulfonamides is 1. The number of aliphatic hydroxyl groups is 2. The van der Waals surface area contributed by atoms with E-state index in [4.69, 9.17) is 9.84 Å². The highest BCUT2D eigenvalue weighted by molar-refractivity contribution is 7.94. The fourth-order valence-corrected chi connectivity index (χ4v) is 4.97. The molecule has 0 aliphatic heterocycles. The van der Waals surface area contributed by atoms with Crippen LogP contribution in [0.15, 0.2) is 30.3 Å². The normalized spacial score (nSPS) is 15.2. The van der Waals surface area contributed by atoms with Crippen LogP contribution < -0.4 is 14.8 Å². The van der Waals surface area contributed by atoms with Gasteiger partial charge in [0.25, 0.3) is 0 Å². The summed E-state index contributed by atoms with van der Waals surface area (Å²) in [6.45, 7) is 5.14. The van der Waals surface area contributed by atoms with Gasteiger partial charge >= 0.3 is 0 Å².